The number of aromatic nitrogens is 2. The molecule has 2 aromatic carbocycles. The highest BCUT2D eigenvalue weighted by molar-refractivity contribution is 7.89. The Labute approximate surface area is 257 Å². The first-order chi connectivity index (χ1) is 18.6. The van der Waals surface area contributed by atoms with E-state index in [0.717, 1.165) is 43.7 Å². The van der Waals surface area contributed by atoms with E-state index in [-0.39, 0.29) is 34.0 Å². The smallest absolute Gasteiger partial charge is 0.348 e. The average molecular weight is 662 g/mol. The molecule has 1 amide bonds. The van der Waals surface area contributed by atoms with Gasteiger partial charge < -0.3 is 4.18 Å². The number of carbonyl (C=O) groups is 1. The van der Waals surface area contributed by atoms with Gasteiger partial charge in [-0.05, 0) is 74.4 Å². The molecule has 1 fully saturated rings. The number of hydrogen-bond donors (Lipinski definition) is 1. The van der Waals surface area contributed by atoms with Crippen LogP contribution in [0.4, 0.5) is 0 Å². The predicted octanol–water partition coefficient (Wildman–Crippen LogP) is 7.19. The van der Waals surface area contributed by atoms with E-state index in [1.165, 1.54) is 24.3 Å². The highest BCUT2D eigenvalue weighted by Crippen LogP contribution is 2.34. The third-order valence-electron chi connectivity index (χ3n) is 6.21. The minimum Gasteiger partial charge on any atom is -0.378 e. The van der Waals surface area contributed by atoms with Gasteiger partial charge in [-0.3, -0.25) is 14.8 Å². The largest absolute Gasteiger partial charge is 0.378 e. The van der Waals surface area contributed by atoms with E-state index in [4.69, 9.17) is 44.0 Å². The van der Waals surface area contributed by atoms with Crippen molar-refractivity contribution >= 4 is 74.6 Å². The Kier molecular flexibility index (Phi) is 9.72. The number of carbonyl (C=O) groups excluding carboxylic acids is 1. The van der Waals surface area contributed by atoms with Crippen molar-refractivity contribution in [2.24, 2.45) is 0 Å². The summed E-state index contributed by atoms with van der Waals surface area (Å²) >= 11 is 19.4. The average Bonchev–Trinajstić information content (AvgIpc) is 3.49. The number of benzene rings is 2. The van der Waals surface area contributed by atoms with E-state index < -0.39 is 10.1 Å². The lowest BCUT2D eigenvalue weighted by Crippen LogP contribution is -2.45. The normalized spacial score (nSPS) is 14.0. The van der Waals surface area contributed by atoms with Crippen LogP contribution in [0.2, 0.25) is 14.4 Å². The van der Waals surface area contributed by atoms with Crippen LogP contribution in [0.3, 0.4) is 0 Å². The molecule has 40 heavy (non-hydrogen) atoms. The van der Waals surface area contributed by atoms with Gasteiger partial charge in [-0.2, -0.15) is 8.42 Å². The van der Waals surface area contributed by atoms with E-state index in [9.17, 15) is 13.2 Å². The van der Waals surface area contributed by atoms with E-state index in [2.05, 4.69) is 5.43 Å². The molecule has 0 atom stereocenters. The molecule has 1 N–H and O–H groups in total. The van der Waals surface area contributed by atoms with Gasteiger partial charge in [0, 0.05) is 29.4 Å². The van der Waals surface area contributed by atoms with Crippen molar-refractivity contribution in [1.29, 1.82) is 0 Å². The van der Waals surface area contributed by atoms with E-state index in [1.54, 1.807) is 41.8 Å². The van der Waals surface area contributed by atoms with E-state index >= 15 is 0 Å². The summed E-state index contributed by atoms with van der Waals surface area (Å²) in [5.74, 6) is 0.239. The summed E-state index contributed by atoms with van der Waals surface area (Å²) in [6.07, 6.45) is 3.17. The highest BCUT2D eigenvalue weighted by Gasteiger charge is 2.25. The number of imidazole rings is 1. The zero-order valence-corrected chi connectivity index (χ0v) is 25.8. The molecule has 0 radical (unpaired) electrons. The van der Waals surface area contributed by atoms with Crippen molar-refractivity contribution in [3.63, 3.8) is 0 Å². The summed E-state index contributed by atoms with van der Waals surface area (Å²) in [5, 5.41) is 2.75. The molecule has 14 heteroatoms. The van der Waals surface area contributed by atoms with E-state index in [0.29, 0.717) is 37.2 Å². The maximum atomic E-state index is 13.3. The molecule has 4 aromatic rings. The molecule has 5 rings (SSSR count). The lowest BCUT2D eigenvalue weighted by Gasteiger charge is -2.26. The monoisotopic (exact) mass is 660 g/mol. The zero-order chi connectivity index (χ0) is 27.7. The number of amides is 1. The second-order valence-electron chi connectivity index (χ2n) is 8.91. The Bertz CT molecular complexity index is 1630. The van der Waals surface area contributed by atoms with Gasteiger partial charge in [-0.1, -0.05) is 41.2 Å². The molecular formula is C26H24Cl4N4O4S2. The first-order valence-corrected chi connectivity index (χ1v) is 15.4. The van der Waals surface area contributed by atoms with Crippen LogP contribution < -0.4 is 9.61 Å². The van der Waals surface area contributed by atoms with Crippen molar-refractivity contribution in [3.8, 4) is 22.8 Å². The minimum atomic E-state index is -4.03. The summed E-state index contributed by atoms with van der Waals surface area (Å²) in [7, 11) is -4.03. The van der Waals surface area contributed by atoms with Gasteiger partial charge in [-0.25, -0.2) is 9.99 Å². The highest BCUT2D eigenvalue weighted by atomic mass is 35.5. The Morgan fingerprint density at radius 2 is 1.70 bits per heavy atom. The quantitative estimate of drug-likeness (QED) is 0.211. The third kappa shape index (κ3) is 6.60. The summed E-state index contributed by atoms with van der Waals surface area (Å²) in [5.41, 5.74) is 5.01. The van der Waals surface area contributed by atoms with Gasteiger partial charge >= 0.3 is 10.1 Å². The number of piperidine rings is 1. The fourth-order valence-corrected chi connectivity index (χ4v) is 7.20. The Morgan fingerprint density at radius 3 is 2.33 bits per heavy atom. The summed E-state index contributed by atoms with van der Waals surface area (Å²) in [6.45, 7) is 3.35. The first-order valence-electron chi connectivity index (χ1n) is 12.0. The van der Waals surface area contributed by atoms with Crippen molar-refractivity contribution < 1.29 is 17.4 Å². The zero-order valence-electron chi connectivity index (χ0n) is 21.1. The number of nitrogens with one attached hydrogen (secondary N) is 1. The summed E-state index contributed by atoms with van der Waals surface area (Å²) < 4.78 is 32.7. The molecule has 0 aliphatic carbocycles. The number of thiophene rings is 1. The maximum Gasteiger partial charge on any atom is 0.348 e. The molecule has 0 bridgehead atoms. The number of hydrogen-bond acceptors (Lipinski definition) is 7. The Morgan fingerprint density at radius 1 is 1.00 bits per heavy atom. The van der Waals surface area contributed by atoms with Gasteiger partial charge in [0.15, 0.2) is 9.90 Å². The number of nitrogens with zero attached hydrogens (tertiary/aromatic N) is 3. The van der Waals surface area contributed by atoms with Gasteiger partial charge in [-0.15, -0.1) is 23.7 Å². The fourth-order valence-electron chi connectivity index (χ4n) is 4.34. The molecule has 0 saturated carbocycles. The van der Waals surface area contributed by atoms with Crippen molar-refractivity contribution in [1.82, 2.24) is 20.0 Å². The molecule has 212 valence electrons. The standard InChI is InChI=1S/C26H23Cl3N4O4S2.ClH/c1-16-24(26(34)31-32-13-3-2-4-14-32)30-25(20-10-5-17(27)15-21(20)28)33(16)18-6-8-19(9-7-18)37-39(35,36)23-12-11-22(29)38-23;/h5-12,15H,2-4,13-14H2,1H3,(H,31,34);1H. The summed E-state index contributed by atoms with van der Waals surface area (Å²) in [6, 6.07) is 14.4. The molecule has 1 saturated heterocycles. The molecule has 0 unspecified atom stereocenters. The first kappa shape index (κ1) is 30.6. The second kappa shape index (κ2) is 12.7. The van der Waals surface area contributed by atoms with Crippen molar-refractivity contribution in [2.75, 3.05) is 13.1 Å². The maximum absolute atomic E-state index is 13.3. The fraction of sp³-hybridized carbons (Fsp3) is 0.231. The molecule has 2 aromatic heterocycles. The number of halogens is 4. The van der Waals surface area contributed by atoms with Crippen LogP contribution in [0.1, 0.15) is 35.4 Å². The Hall–Kier alpha value is -2.31. The third-order valence-corrected chi connectivity index (χ3v) is 9.68. The van der Waals surface area contributed by atoms with Gasteiger partial charge in [0.25, 0.3) is 5.91 Å². The SMILES string of the molecule is Cc1c(C(=O)NN2CCCCC2)nc(-c2ccc(Cl)cc2Cl)n1-c1ccc(OS(=O)(=O)c2ccc(Cl)s2)cc1.Cl. The van der Waals surface area contributed by atoms with E-state index in [1.807, 2.05) is 5.01 Å². The lowest BCUT2D eigenvalue weighted by molar-refractivity contribution is 0.0744. The minimum absolute atomic E-state index is 0. The second-order valence-corrected chi connectivity index (χ2v) is 13.2. The predicted molar refractivity (Wildman–Crippen MR) is 161 cm³/mol. The molecule has 0 spiro atoms. The van der Waals surface area contributed by atoms with Gasteiger partial charge in [0.1, 0.15) is 11.6 Å². The van der Waals surface area contributed by atoms with Crippen LogP contribution >= 0.6 is 58.5 Å². The van der Waals surface area contributed by atoms with Crippen LogP contribution in [0, 0.1) is 6.92 Å². The van der Waals surface area contributed by atoms with Gasteiger partial charge in [0.2, 0.25) is 0 Å². The molecule has 1 aliphatic heterocycles. The molecule has 1 aliphatic rings. The van der Waals surface area contributed by atoms with Gasteiger partial charge in [0.05, 0.1) is 15.1 Å². The summed E-state index contributed by atoms with van der Waals surface area (Å²) in [4.78, 5) is 18.0. The molecule has 8 nitrogen and oxygen atoms in total. The number of rotatable bonds is 7. The van der Waals surface area contributed by atoms with Crippen molar-refractivity contribution in [3.05, 3.63) is 80.4 Å². The lowest BCUT2D eigenvalue weighted by atomic mass is 10.2. The van der Waals surface area contributed by atoms with Crippen LogP contribution in [0.5, 0.6) is 5.75 Å². The molecular weight excluding hydrogens is 638 g/mol. The molecule has 3 heterocycles. The topological polar surface area (TPSA) is 93.5 Å². The van der Waals surface area contributed by atoms with Crippen LogP contribution in [0.15, 0.2) is 58.8 Å². The van der Waals surface area contributed by atoms with Crippen LogP contribution in [-0.2, 0) is 10.1 Å². The van der Waals surface area contributed by atoms with Crippen LogP contribution in [-0.4, -0.2) is 42.0 Å². The number of hydrazine groups is 1. The van der Waals surface area contributed by atoms with Crippen molar-refractivity contribution in [2.45, 2.75) is 30.4 Å². The Balaban J connectivity index is 0.00000370. The van der Waals surface area contributed by atoms with Crippen LogP contribution in [0.25, 0.3) is 17.1 Å².